The maximum atomic E-state index is 13.3. The van der Waals surface area contributed by atoms with E-state index in [0.717, 1.165) is 24.2 Å². The highest BCUT2D eigenvalue weighted by Crippen LogP contribution is 2.33. The second kappa shape index (κ2) is 7.58. The van der Waals surface area contributed by atoms with Crippen molar-refractivity contribution >= 4 is 17.8 Å². The molecule has 2 N–H and O–H groups in total. The fraction of sp³-hybridized carbons (Fsp3) is 0.500. The summed E-state index contributed by atoms with van der Waals surface area (Å²) in [6, 6.07) is 6.85. The third kappa shape index (κ3) is 3.44. The van der Waals surface area contributed by atoms with Gasteiger partial charge in [0, 0.05) is 0 Å². The Morgan fingerprint density at radius 2 is 1.89 bits per heavy atom. The number of hydrogen-bond acceptors (Lipinski definition) is 4. The van der Waals surface area contributed by atoms with E-state index >= 15 is 0 Å². The number of carbonyl (C=O) groups excluding carboxylic acids is 3. The van der Waals surface area contributed by atoms with Gasteiger partial charge in [-0.05, 0) is 37.0 Å². The molecule has 0 bridgehead atoms. The van der Waals surface area contributed by atoms with Crippen molar-refractivity contribution in [2.75, 3.05) is 6.54 Å². The predicted octanol–water partition coefficient (Wildman–Crippen LogP) is 2.33. The minimum absolute atomic E-state index is 0.253. The molecular formula is C20H23FN4O3. The Morgan fingerprint density at radius 3 is 2.46 bits per heavy atom. The molecule has 1 aromatic carbocycles. The first-order chi connectivity index (χ1) is 13.4. The van der Waals surface area contributed by atoms with Crippen LogP contribution in [-0.2, 0) is 15.1 Å². The number of nitrogens with zero attached hydrogens (tertiary/aromatic N) is 2. The van der Waals surface area contributed by atoms with E-state index in [1.165, 1.54) is 24.3 Å². The summed E-state index contributed by atoms with van der Waals surface area (Å²) in [5.74, 6) is -1.55. The van der Waals surface area contributed by atoms with Crippen molar-refractivity contribution < 1.29 is 18.8 Å². The van der Waals surface area contributed by atoms with Crippen LogP contribution in [0, 0.1) is 17.1 Å². The molecule has 8 heteroatoms. The number of urea groups is 1. The van der Waals surface area contributed by atoms with Crippen molar-refractivity contribution in [3.05, 3.63) is 35.6 Å². The number of halogens is 1. The summed E-state index contributed by atoms with van der Waals surface area (Å²) in [5.41, 5.74) is -1.81. The van der Waals surface area contributed by atoms with E-state index in [0.29, 0.717) is 18.4 Å². The Bertz CT molecular complexity index is 827. The van der Waals surface area contributed by atoms with Gasteiger partial charge in [0.2, 0.25) is 5.91 Å². The zero-order valence-corrected chi connectivity index (χ0v) is 15.8. The van der Waals surface area contributed by atoms with E-state index in [-0.39, 0.29) is 6.42 Å². The molecule has 7 nitrogen and oxygen atoms in total. The lowest BCUT2D eigenvalue weighted by molar-refractivity contribution is -0.135. The number of imide groups is 1. The van der Waals surface area contributed by atoms with E-state index in [1.54, 1.807) is 6.92 Å². The highest BCUT2D eigenvalue weighted by atomic mass is 19.1. The maximum Gasteiger partial charge on any atom is 0.325 e. The molecule has 1 aliphatic heterocycles. The van der Waals surface area contributed by atoms with Crippen molar-refractivity contribution in [1.29, 1.82) is 5.26 Å². The second-order valence-corrected chi connectivity index (χ2v) is 7.39. The molecule has 1 atom stereocenters. The minimum Gasteiger partial charge on any atom is -0.336 e. The number of carbonyl (C=O) groups is 3. The van der Waals surface area contributed by atoms with Gasteiger partial charge in [0.05, 0.1) is 6.07 Å². The summed E-state index contributed by atoms with van der Waals surface area (Å²) < 4.78 is 13.3. The number of nitrogens with one attached hydrogen (secondary N) is 2. The first-order valence-corrected chi connectivity index (χ1v) is 9.48. The van der Waals surface area contributed by atoms with Crippen molar-refractivity contribution in [1.82, 2.24) is 15.5 Å². The molecule has 28 heavy (non-hydrogen) atoms. The summed E-state index contributed by atoms with van der Waals surface area (Å²) >= 11 is 0. The monoisotopic (exact) mass is 386 g/mol. The van der Waals surface area contributed by atoms with Crippen LogP contribution >= 0.6 is 0 Å². The standard InChI is InChI=1S/C20H23FN4O3/c1-2-20(14-6-8-15(21)9-7-14)17(27)25(18(28)24-20)12-16(26)23-19(13-22)10-4-3-5-11-19/h6-9H,2-5,10-12H2,1H3,(H,23,26)(H,24,28)/t20-/m0/s1. The first-order valence-electron chi connectivity index (χ1n) is 9.48. The molecule has 0 radical (unpaired) electrons. The molecule has 4 amide bonds. The second-order valence-electron chi connectivity index (χ2n) is 7.39. The number of hydrogen-bond donors (Lipinski definition) is 2. The van der Waals surface area contributed by atoms with E-state index < -0.39 is 41.3 Å². The van der Waals surface area contributed by atoms with Crippen LogP contribution in [0.4, 0.5) is 9.18 Å². The van der Waals surface area contributed by atoms with Crippen molar-refractivity contribution in [2.24, 2.45) is 0 Å². The fourth-order valence-electron chi connectivity index (χ4n) is 4.01. The SMILES string of the molecule is CC[C@@]1(c2ccc(F)cc2)NC(=O)N(CC(=O)NC2(C#N)CCCCC2)C1=O. The first kappa shape index (κ1) is 19.8. The van der Waals surface area contributed by atoms with Crippen LogP contribution in [0.3, 0.4) is 0 Å². The number of nitriles is 1. The molecule has 2 fully saturated rings. The van der Waals surface area contributed by atoms with E-state index in [1.807, 2.05) is 0 Å². The van der Waals surface area contributed by atoms with Crippen LogP contribution < -0.4 is 10.6 Å². The van der Waals surface area contributed by atoms with Gasteiger partial charge in [-0.25, -0.2) is 9.18 Å². The highest BCUT2D eigenvalue weighted by Gasteiger charge is 2.52. The average Bonchev–Trinajstić information content (AvgIpc) is 2.94. The zero-order chi connectivity index (χ0) is 20.4. The average molecular weight is 386 g/mol. The van der Waals surface area contributed by atoms with Crippen molar-refractivity contribution in [2.45, 2.75) is 56.5 Å². The lowest BCUT2D eigenvalue weighted by Crippen LogP contribution is -2.52. The van der Waals surface area contributed by atoms with Crippen molar-refractivity contribution in [3.63, 3.8) is 0 Å². The number of benzene rings is 1. The van der Waals surface area contributed by atoms with Gasteiger partial charge < -0.3 is 10.6 Å². The van der Waals surface area contributed by atoms with E-state index in [4.69, 9.17) is 0 Å². The summed E-state index contributed by atoms with van der Waals surface area (Å²) in [5, 5.41) is 14.9. The highest BCUT2D eigenvalue weighted by molar-refractivity contribution is 6.09. The fourth-order valence-corrected chi connectivity index (χ4v) is 4.01. The molecule has 2 aliphatic rings. The summed E-state index contributed by atoms with van der Waals surface area (Å²) in [6.45, 7) is 1.27. The third-order valence-corrected chi connectivity index (χ3v) is 5.64. The van der Waals surface area contributed by atoms with Crippen LogP contribution in [0.25, 0.3) is 0 Å². The quantitative estimate of drug-likeness (QED) is 0.758. The molecule has 1 aliphatic carbocycles. The smallest absolute Gasteiger partial charge is 0.325 e. The van der Waals surface area contributed by atoms with Crippen LogP contribution in [0.2, 0.25) is 0 Å². The molecule has 1 aromatic rings. The van der Waals surface area contributed by atoms with Crippen LogP contribution in [-0.4, -0.2) is 34.8 Å². The van der Waals surface area contributed by atoms with Gasteiger partial charge in [0.15, 0.2) is 0 Å². The van der Waals surface area contributed by atoms with E-state index in [2.05, 4.69) is 16.7 Å². The lowest BCUT2D eigenvalue weighted by atomic mass is 9.83. The van der Waals surface area contributed by atoms with Crippen LogP contribution in [0.1, 0.15) is 51.0 Å². The Morgan fingerprint density at radius 1 is 1.25 bits per heavy atom. The van der Waals surface area contributed by atoms with Gasteiger partial charge >= 0.3 is 6.03 Å². The Balaban J connectivity index is 1.77. The minimum atomic E-state index is -1.33. The van der Waals surface area contributed by atoms with Gasteiger partial charge in [-0.2, -0.15) is 5.26 Å². The molecule has 148 valence electrons. The normalized spacial score (nSPS) is 23.8. The maximum absolute atomic E-state index is 13.3. The van der Waals surface area contributed by atoms with E-state index in [9.17, 15) is 24.0 Å². The molecule has 3 rings (SSSR count). The van der Waals surface area contributed by atoms with Gasteiger partial charge in [0.25, 0.3) is 5.91 Å². The number of rotatable bonds is 5. The molecule has 0 aromatic heterocycles. The summed E-state index contributed by atoms with van der Waals surface area (Å²) in [6.07, 6.45) is 4.08. The summed E-state index contributed by atoms with van der Waals surface area (Å²) in [7, 11) is 0. The third-order valence-electron chi connectivity index (χ3n) is 5.64. The van der Waals surface area contributed by atoms with Gasteiger partial charge in [-0.1, -0.05) is 38.3 Å². The molecular weight excluding hydrogens is 363 g/mol. The summed E-state index contributed by atoms with van der Waals surface area (Å²) in [4.78, 5) is 38.9. The molecule has 1 saturated carbocycles. The van der Waals surface area contributed by atoms with Gasteiger partial charge in [-0.15, -0.1) is 0 Å². The number of amides is 4. The molecule has 0 unspecified atom stereocenters. The Hall–Kier alpha value is -2.95. The van der Waals surface area contributed by atoms with Crippen LogP contribution in [0.15, 0.2) is 24.3 Å². The predicted molar refractivity (Wildman–Crippen MR) is 98.2 cm³/mol. The van der Waals surface area contributed by atoms with Gasteiger partial charge in [-0.3, -0.25) is 14.5 Å². The zero-order valence-electron chi connectivity index (χ0n) is 15.8. The molecule has 0 spiro atoms. The Labute approximate surface area is 162 Å². The molecule has 1 heterocycles. The lowest BCUT2D eigenvalue weighted by Gasteiger charge is -2.32. The van der Waals surface area contributed by atoms with Gasteiger partial charge in [0.1, 0.15) is 23.4 Å². The topological polar surface area (TPSA) is 102 Å². The molecule has 1 saturated heterocycles. The Kier molecular flexibility index (Phi) is 5.36. The van der Waals surface area contributed by atoms with Crippen LogP contribution in [0.5, 0.6) is 0 Å². The van der Waals surface area contributed by atoms with Crippen molar-refractivity contribution in [3.8, 4) is 6.07 Å². The largest absolute Gasteiger partial charge is 0.336 e.